The van der Waals surface area contributed by atoms with Gasteiger partial charge in [-0.1, -0.05) is 30.3 Å². The van der Waals surface area contributed by atoms with Crippen LogP contribution >= 0.6 is 0 Å². The average molecular weight is 242 g/mol. The van der Waals surface area contributed by atoms with Crippen molar-refractivity contribution in [2.24, 2.45) is 0 Å². The van der Waals surface area contributed by atoms with E-state index in [0.29, 0.717) is 0 Å². The van der Waals surface area contributed by atoms with E-state index in [-0.39, 0.29) is 12.1 Å². The van der Waals surface area contributed by atoms with Crippen LogP contribution < -0.4 is 0 Å². The van der Waals surface area contributed by atoms with Crippen molar-refractivity contribution in [3.8, 4) is 0 Å². The fourth-order valence-electron chi connectivity index (χ4n) is 1.78. The summed E-state index contributed by atoms with van der Waals surface area (Å²) in [6.07, 6.45) is 0. The van der Waals surface area contributed by atoms with Gasteiger partial charge in [-0.15, -0.1) is 0 Å². The van der Waals surface area contributed by atoms with Crippen LogP contribution in [0.4, 0.5) is 0 Å². The van der Waals surface area contributed by atoms with Gasteiger partial charge in [0.25, 0.3) is 0 Å². The van der Waals surface area contributed by atoms with Crippen LogP contribution in [0.1, 0.15) is 11.1 Å². The van der Waals surface area contributed by atoms with Gasteiger partial charge in [0.05, 0.1) is 12.1 Å². The lowest BCUT2D eigenvalue weighted by Crippen LogP contribution is -2.50. The predicted octanol–water partition coefficient (Wildman–Crippen LogP) is 1.18. The predicted molar refractivity (Wildman–Crippen MR) is 63.0 cm³/mol. The molecule has 5 heteroatoms. The molecule has 16 heavy (non-hydrogen) atoms. The van der Waals surface area contributed by atoms with Crippen molar-refractivity contribution in [1.29, 1.82) is 0 Å². The molecule has 0 fully saturated rings. The fourth-order valence-corrected chi connectivity index (χ4v) is 3.96. The van der Waals surface area contributed by atoms with Crippen molar-refractivity contribution in [2.75, 3.05) is 27.9 Å². The van der Waals surface area contributed by atoms with Crippen LogP contribution in [0.5, 0.6) is 0 Å². The third-order valence-corrected chi connectivity index (χ3v) is 5.74. The number of hydrogen-bond donors (Lipinski definition) is 1. The van der Waals surface area contributed by atoms with Gasteiger partial charge in [-0.3, -0.25) is 0 Å². The van der Waals surface area contributed by atoms with Crippen molar-refractivity contribution in [2.45, 2.75) is 5.54 Å². The summed E-state index contributed by atoms with van der Waals surface area (Å²) < 4.78 is 16.1. The van der Waals surface area contributed by atoms with E-state index in [2.05, 4.69) is 0 Å². The van der Waals surface area contributed by atoms with E-state index < -0.39 is 8.80 Å². The normalized spacial score (nSPS) is 13.8. The van der Waals surface area contributed by atoms with Gasteiger partial charge in [0, 0.05) is 21.3 Å². The van der Waals surface area contributed by atoms with Crippen molar-refractivity contribution >= 4 is 8.80 Å². The average Bonchev–Trinajstić information content (AvgIpc) is 2.37. The topological polar surface area (TPSA) is 47.9 Å². The Morgan fingerprint density at radius 2 is 1.56 bits per heavy atom. The molecule has 1 aromatic rings. The summed E-state index contributed by atoms with van der Waals surface area (Å²) in [6.45, 7) is -0.0637. The lowest BCUT2D eigenvalue weighted by Gasteiger charge is -2.31. The minimum Gasteiger partial charge on any atom is -0.396 e. The van der Waals surface area contributed by atoms with E-state index in [9.17, 15) is 5.11 Å². The van der Waals surface area contributed by atoms with Crippen LogP contribution in [0.25, 0.3) is 0 Å². The maximum Gasteiger partial charge on any atom is 0.510 e. The monoisotopic (exact) mass is 242 g/mol. The van der Waals surface area contributed by atoms with E-state index in [4.69, 9.17) is 13.3 Å². The first-order valence-corrected chi connectivity index (χ1v) is 6.85. The summed E-state index contributed by atoms with van der Waals surface area (Å²) >= 11 is 0. The van der Waals surface area contributed by atoms with E-state index in [1.54, 1.807) is 21.3 Å². The highest BCUT2D eigenvalue weighted by molar-refractivity contribution is 6.62. The van der Waals surface area contributed by atoms with E-state index in [0.717, 1.165) is 5.56 Å². The second kappa shape index (κ2) is 6.12. The maximum atomic E-state index is 9.50. The molecular weight excluding hydrogens is 224 g/mol. The molecule has 0 aliphatic heterocycles. The lowest BCUT2D eigenvalue weighted by molar-refractivity contribution is 0.100. The van der Waals surface area contributed by atoms with Gasteiger partial charge >= 0.3 is 8.80 Å². The third kappa shape index (κ3) is 2.50. The summed E-state index contributed by atoms with van der Waals surface area (Å²) in [5.74, 6) is 0. The third-order valence-electron chi connectivity index (χ3n) is 2.66. The van der Waals surface area contributed by atoms with Gasteiger partial charge in [-0.2, -0.15) is 0 Å². The Hall–Kier alpha value is -0.723. The molecule has 0 aromatic heterocycles. The second-order valence-corrected chi connectivity index (χ2v) is 6.49. The Kier molecular flexibility index (Phi) is 5.10. The quantitative estimate of drug-likeness (QED) is 0.761. The zero-order valence-electron chi connectivity index (χ0n) is 9.84. The Labute approximate surface area is 97.1 Å². The van der Waals surface area contributed by atoms with Gasteiger partial charge in [0.15, 0.2) is 0 Å². The molecule has 1 rings (SSSR count). The SMILES string of the molecule is CO[Si](OC)(OC)C(CO)c1ccccc1. The van der Waals surface area contributed by atoms with E-state index in [1.165, 1.54) is 0 Å². The Morgan fingerprint density at radius 3 is 1.94 bits per heavy atom. The van der Waals surface area contributed by atoms with Crippen molar-refractivity contribution in [1.82, 2.24) is 0 Å². The van der Waals surface area contributed by atoms with Gasteiger partial charge in [-0.25, -0.2) is 0 Å². The van der Waals surface area contributed by atoms with Crippen LogP contribution in [0.3, 0.4) is 0 Å². The minimum absolute atomic E-state index is 0.0637. The molecule has 90 valence electrons. The maximum absolute atomic E-state index is 9.50. The molecule has 0 aliphatic carbocycles. The molecule has 1 unspecified atom stereocenters. The first-order valence-electron chi connectivity index (χ1n) is 5.05. The van der Waals surface area contributed by atoms with Gasteiger partial charge in [0.1, 0.15) is 0 Å². The highest BCUT2D eigenvalue weighted by Gasteiger charge is 2.47. The summed E-state index contributed by atoms with van der Waals surface area (Å²) in [6, 6.07) is 9.61. The van der Waals surface area contributed by atoms with Crippen LogP contribution in [0.2, 0.25) is 0 Å². The summed E-state index contributed by atoms with van der Waals surface area (Å²) in [5.41, 5.74) is 0.705. The number of aliphatic hydroxyl groups excluding tert-OH is 1. The zero-order chi connectivity index (χ0) is 12.0. The van der Waals surface area contributed by atoms with E-state index in [1.807, 2.05) is 30.3 Å². The largest absolute Gasteiger partial charge is 0.510 e. The Balaban J connectivity index is 3.05. The molecule has 0 amide bonds. The standard InChI is InChI=1S/C11H18O4Si/c1-13-16(14-2,15-3)11(9-12)10-7-5-4-6-8-10/h4-8,11-12H,9H2,1-3H3. The van der Waals surface area contributed by atoms with Gasteiger partial charge in [0.2, 0.25) is 0 Å². The smallest absolute Gasteiger partial charge is 0.396 e. The first kappa shape index (κ1) is 13.3. The molecule has 0 radical (unpaired) electrons. The molecule has 1 aromatic carbocycles. The molecule has 1 atom stereocenters. The lowest BCUT2D eigenvalue weighted by atomic mass is 10.1. The second-order valence-electron chi connectivity index (χ2n) is 3.36. The summed E-state index contributed by atoms with van der Waals surface area (Å²) in [4.78, 5) is 0. The summed E-state index contributed by atoms with van der Waals surface area (Å²) in [7, 11) is 1.80. The number of aliphatic hydroxyl groups is 1. The van der Waals surface area contributed by atoms with Crippen molar-refractivity contribution in [3.05, 3.63) is 35.9 Å². The number of benzene rings is 1. The molecule has 4 nitrogen and oxygen atoms in total. The molecule has 0 saturated carbocycles. The first-order chi connectivity index (χ1) is 7.74. The molecule has 0 heterocycles. The van der Waals surface area contributed by atoms with Gasteiger partial charge < -0.3 is 18.4 Å². The number of hydrogen-bond acceptors (Lipinski definition) is 4. The van der Waals surface area contributed by atoms with E-state index >= 15 is 0 Å². The highest BCUT2D eigenvalue weighted by Crippen LogP contribution is 2.28. The highest BCUT2D eigenvalue weighted by atomic mass is 28.4. The molecule has 1 N–H and O–H groups in total. The molecule has 0 bridgehead atoms. The zero-order valence-corrected chi connectivity index (χ0v) is 10.8. The van der Waals surface area contributed by atoms with Crippen LogP contribution in [0, 0.1) is 0 Å². The Morgan fingerprint density at radius 1 is 1.06 bits per heavy atom. The molecule has 0 aliphatic rings. The fraction of sp³-hybridized carbons (Fsp3) is 0.455. The van der Waals surface area contributed by atoms with Crippen LogP contribution in [-0.2, 0) is 13.3 Å². The summed E-state index contributed by atoms with van der Waals surface area (Å²) in [5, 5.41) is 9.50. The minimum atomic E-state index is -2.84. The van der Waals surface area contributed by atoms with Crippen molar-refractivity contribution in [3.63, 3.8) is 0 Å². The van der Waals surface area contributed by atoms with Crippen LogP contribution in [-0.4, -0.2) is 41.8 Å². The van der Waals surface area contributed by atoms with Crippen molar-refractivity contribution < 1.29 is 18.4 Å². The van der Waals surface area contributed by atoms with Gasteiger partial charge in [-0.05, 0) is 5.56 Å². The Bertz CT molecular complexity index is 292. The van der Waals surface area contributed by atoms with Crippen LogP contribution in [0.15, 0.2) is 30.3 Å². The molecule has 0 saturated heterocycles. The molecule has 0 spiro atoms. The number of rotatable bonds is 6. The molecular formula is C11H18O4Si.